The van der Waals surface area contributed by atoms with E-state index in [4.69, 9.17) is 5.21 Å². The van der Waals surface area contributed by atoms with Crippen molar-refractivity contribution in [2.75, 3.05) is 17.2 Å². The third kappa shape index (κ3) is 4.50. The predicted molar refractivity (Wildman–Crippen MR) is 94.7 cm³/mol. The van der Waals surface area contributed by atoms with Crippen LogP contribution in [0.4, 0.5) is 15.9 Å². The van der Waals surface area contributed by atoms with Gasteiger partial charge in [0.15, 0.2) is 0 Å². The van der Waals surface area contributed by atoms with Gasteiger partial charge in [-0.15, -0.1) is 0 Å². The molecular weight excluding hydrogens is 355 g/mol. The van der Waals surface area contributed by atoms with Crippen molar-refractivity contribution in [3.8, 4) is 0 Å². The number of nitrogens with zero attached hydrogens (tertiary/aromatic N) is 3. The lowest BCUT2D eigenvalue weighted by molar-refractivity contribution is -0.128. The van der Waals surface area contributed by atoms with Crippen LogP contribution in [0.25, 0.3) is 10.9 Å². The van der Waals surface area contributed by atoms with Crippen LogP contribution in [0.3, 0.4) is 0 Å². The Hall–Kier alpha value is -3.66. The van der Waals surface area contributed by atoms with E-state index in [1.807, 2.05) is 0 Å². The summed E-state index contributed by atoms with van der Waals surface area (Å²) in [4.78, 5) is 35.5. The molecule has 2 aromatic heterocycles. The average molecular weight is 370 g/mol. The van der Waals surface area contributed by atoms with E-state index in [1.54, 1.807) is 18.3 Å². The number of hydrogen-bond acceptors (Lipinski definition) is 7. The third-order valence-electron chi connectivity index (χ3n) is 3.59. The lowest BCUT2D eigenvalue weighted by Gasteiger charge is -2.09. The zero-order chi connectivity index (χ0) is 19.2. The van der Waals surface area contributed by atoms with Gasteiger partial charge in [0.1, 0.15) is 17.3 Å². The summed E-state index contributed by atoms with van der Waals surface area (Å²) in [7, 11) is 0. The quantitative estimate of drug-likeness (QED) is 0.384. The van der Waals surface area contributed by atoms with Crippen molar-refractivity contribution in [3.63, 3.8) is 0 Å². The molecule has 0 saturated heterocycles. The average Bonchev–Trinajstić information content (AvgIpc) is 2.68. The van der Waals surface area contributed by atoms with Gasteiger partial charge in [-0.2, -0.15) is 0 Å². The molecule has 0 bridgehead atoms. The zero-order valence-corrected chi connectivity index (χ0v) is 13.9. The standard InChI is InChI=1S/C17H15FN6O3/c18-11-6-10-2-1-4-20-16(10)12(7-11)23-17(26)13-8-22-14(9-21-13)19-5-3-15(25)24-27/h1-2,4,6-9,27H,3,5H2,(H,19,22)(H,23,26)(H,24,25). The van der Waals surface area contributed by atoms with E-state index in [9.17, 15) is 14.0 Å². The van der Waals surface area contributed by atoms with Crippen molar-refractivity contribution in [2.24, 2.45) is 0 Å². The Balaban J connectivity index is 1.69. The molecule has 27 heavy (non-hydrogen) atoms. The second kappa shape index (κ2) is 8.15. The van der Waals surface area contributed by atoms with Crippen molar-refractivity contribution in [2.45, 2.75) is 6.42 Å². The summed E-state index contributed by atoms with van der Waals surface area (Å²) < 4.78 is 13.7. The van der Waals surface area contributed by atoms with Crippen LogP contribution in [-0.4, -0.2) is 38.5 Å². The van der Waals surface area contributed by atoms with Gasteiger partial charge in [-0.25, -0.2) is 19.8 Å². The maximum Gasteiger partial charge on any atom is 0.275 e. The number of hydrogen-bond donors (Lipinski definition) is 4. The summed E-state index contributed by atoms with van der Waals surface area (Å²) in [5.41, 5.74) is 2.24. The first-order chi connectivity index (χ1) is 13.1. The fourth-order valence-corrected chi connectivity index (χ4v) is 2.33. The number of fused-ring (bicyclic) bond motifs is 1. The van der Waals surface area contributed by atoms with Crippen LogP contribution >= 0.6 is 0 Å². The van der Waals surface area contributed by atoms with Gasteiger partial charge in [-0.1, -0.05) is 6.07 Å². The molecule has 0 spiro atoms. The molecule has 0 saturated carbocycles. The first-order valence-corrected chi connectivity index (χ1v) is 7.91. The molecule has 0 fully saturated rings. The van der Waals surface area contributed by atoms with E-state index in [0.717, 1.165) is 0 Å². The van der Waals surface area contributed by atoms with Crippen LogP contribution in [0.5, 0.6) is 0 Å². The molecule has 2 heterocycles. The van der Waals surface area contributed by atoms with Crippen LogP contribution in [0.15, 0.2) is 42.9 Å². The lowest BCUT2D eigenvalue weighted by atomic mass is 10.2. The van der Waals surface area contributed by atoms with E-state index in [0.29, 0.717) is 16.7 Å². The zero-order valence-electron chi connectivity index (χ0n) is 13.9. The molecule has 3 aromatic rings. The highest BCUT2D eigenvalue weighted by atomic mass is 19.1. The molecule has 0 aliphatic carbocycles. The first kappa shape index (κ1) is 18.1. The normalized spacial score (nSPS) is 10.4. The van der Waals surface area contributed by atoms with Gasteiger partial charge < -0.3 is 10.6 Å². The van der Waals surface area contributed by atoms with Crippen LogP contribution < -0.4 is 16.1 Å². The Morgan fingerprint density at radius 1 is 1.15 bits per heavy atom. The largest absolute Gasteiger partial charge is 0.368 e. The molecule has 0 radical (unpaired) electrons. The Bertz CT molecular complexity index is 980. The third-order valence-corrected chi connectivity index (χ3v) is 3.59. The number of carbonyl (C=O) groups is 2. The van der Waals surface area contributed by atoms with Gasteiger partial charge in [0.25, 0.3) is 5.91 Å². The van der Waals surface area contributed by atoms with Crippen molar-refractivity contribution >= 4 is 34.2 Å². The van der Waals surface area contributed by atoms with Gasteiger partial charge in [0.2, 0.25) is 5.91 Å². The number of anilines is 2. The predicted octanol–water partition coefficient (Wildman–Crippen LogP) is 1.72. The number of halogens is 1. The van der Waals surface area contributed by atoms with E-state index >= 15 is 0 Å². The van der Waals surface area contributed by atoms with Gasteiger partial charge >= 0.3 is 0 Å². The summed E-state index contributed by atoms with van der Waals surface area (Å²) in [5, 5.41) is 14.4. The summed E-state index contributed by atoms with van der Waals surface area (Å²) in [6.45, 7) is 0.230. The molecule has 10 heteroatoms. The van der Waals surface area contributed by atoms with Gasteiger partial charge in [-0.05, 0) is 18.2 Å². The molecule has 138 valence electrons. The van der Waals surface area contributed by atoms with Gasteiger partial charge in [0.05, 0.1) is 23.6 Å². The number of nitrogens with one attached hydrogen (secondary N) is 3. The maximum absolute atomic E-state index is 13.7. The molecule has 4 N–H and O–H groups in total. The van der Waals surface area contributed by atoms with E-state index in [1.165, 1.54) is 30.0 Å². The number of carbonyl (C=O) groups excluding carboxylic acids is 2. The Labute approximate surface area is 152 Å². The molecular formula is C17H15FN6O3. The Kier molecular flexibility index (Phi) is 5.47. The van der Waals surface area contributed by atoms with E-state index in [2.05, 4.69) is 25.6 Å². The topological polar surface area (TPSA) is 129 Å². The molecule has 2 amide bonds. The van der Waals surface area contributed by atoms with Crippen LogP contribution in [0, 0.1) is 5.82 Å². The lowest BCUT2D eigenvalue weighted by Crippen LogP contribution is -2.21. The highest BCUT2D eigenvalue weighted by Gasteiger charge is 2.12. The SMILES string of the molecule is O=C(CCNc1cnc(C(=O)Nc2cc(F)cc3cccnc23)cn1)NO. The fraction of sp³-hybridized carbons (Fsp3) is 0.118. The highest BCUT2D eigenvalue weighted by Crippen LogP contribution is 2.23. The first-order valence-electron chi connectivity index (χ1n) is 7.91. The highest BCUT2D eigenvalue weighted by molar-refractivity contribution is 6.07. The number of amides is 2. The number of pyridine rings is 1. The van der Waals surface area contributed by atoms with Crippen molar-refractivity contribution in [1.29, 1.82) is 0 Å². The van der Waals surface area contributed by atoms with Crippen molar-refractivity contribution in [1.82, 2.24) is 20.4 Å². The molecule has 0 atom stereocenters. The molecule has 3 rings (SSSR count). The minimum Gasteiger partial charge on any atom is -0.368 e. The van der Waals surface area contributed by atoms with Crippen molar-refractivity contribution in [3.05, 3.63) is 54.4 Å². The molecule has 0 aliphatic heterocycles. The van der Waals surface area contributed by atoms with Crippen LogP contribution in [0.1, 0.15) is 16.9 Å². The number of rotatable bonds is 6. The van der Waals surface area contributed by atoms with Crippen molar-refractivity contribution < 1.29 is 19.2 Å². The van der Waals surface area contributed by atoms with E-state index < -0.39 is 17.6 Å². The molecule has 0 unspecified atom stereocenters. The summed E-state index contributed by atoms with van der Waals surface area (Å²) in [5.74, 6) is -1.24. The molecule has 1 aromatic carbocycles. The molecule has 9 nitrogen and oxygen atoms in total. The number of hydroxylamine groups is 1. The monoisotopic (exact) mass is 370 g/mol. The van der Waals surface area contributed by atoms with E-state index in [-0.39, 0.29) is 24.3 Å². The smallest absolute Gasteiger partial charge is 0.275 e. The Morgan fingerprint density at radius 3 is 2.74 bits per heavy atom. The Morgan fingerprint density at radius 2 is 2.00 bits per heavy atom. The molecule has 0 aliphatic rings. The summed E-state index contributed by atoms with van der Waals surface area (Å²) in [6, 6.07) is 5.88. The minimum atomic E-state index is -0.564. The van der Waals surface area contributed by atoms with Crippen LogP contribution in [0.2, 0.25) is 0 Å². The van der Waals surface area contributed by atoms with Crippen LogP contribution in [-0.2, 0) is 4.79 Å². The second-order valence-electron chi connectivity index (χ2n) is 5.48. The number of benzene rings is 1. The number of aromatic nitrogens is 3. The summed E-state index contributed by atoms with van der Waals surface area (Å²) in [6.07, 6.45) is 4.17. The summed E-state index contributed by atoms with van der Waals surface area (Å²) >= 11 is 0. The van der Waals surface area contributed by atoms with Gasteiger partial charge in [0, 0.05) is 24.5 Å². The minimum absolute atomic E-state index is 0.0296. The van der Waals surface area contributed by atoms with Gasteiger partial charge in [-0.3, -0.25) is 19.8 Å². The second-order valence-corrected chi connectivity index (χ2v) is 5.48. The fourth-order valence-electron chi connectivity index (χ4n) is 2.33. The maximum atomic E-state index is 13.7.